The average Bonchev–Trinajstić information content (AvgIpc) is 2.25. The quantitative estimate of drug-likeness (QED) is 0.628. The Kier molecular flexibility index (Phi) is 4.45. The SMILES string of the molecule is COc1ccc(C)cc1/N=N/N(C)CC(=O)O. The molecule has 92 valence electrons. The van der Waals surface area contributed by atoms with Crippen LogP contribution < -0.4 is 4.74 Å². The molecule has 1 N–H and O–H groups in total. The molecule has 0 saturated carbocycles. The summed E-state index contributed by atoms with van der Waals surface area (Å²) in [5, 5.41) is 17.5. The van der Waals surface area contributed by atoms with Gasteiger partial charge in [0.1, 0.15) is 18.0 Å². The Morgan fingerprint density at radius 1 is 1.53 bits per heavy atom. The molecule has 0 aliphatic heterocycles. The molecule has 6 nitrogen and oxygen atoms in total. The Balaban J connectivity index is 2.82. The number of benzene rings is 1. The van der Waals surface area contributed by atoms with E-state index in [1.54, 1.807) is 20.2 Å². The highest BCUT2D eigenvalue weighted by molar-refractivity contribution is 5.68. The molecule has 0 spiro atoms. The topological polar surface area (TPSA) is 74.5 Å². The number of nitrogens with zero attached hydrogens (tertiary/aromatic N) is 3. The number of carboxylic acids is 1. The van der Waals surface area contributed by atoms with Gasteiger partial charge in [-0.2, -0.15) is 0 Å². The summed E-state index contributed by atoms with van der Waals surface area (Å²) in [6, 6.07) is 5.51. The first-order chi connectivity index (χ1) is 8.02. The Morgan fingerprint density at radius 3 is 2.82 bits per heavy atom. The first-order valence-corrected chi connectivity index (χ1v) is 5.02. The van der Waals surface area contributed by atoms with Gasteiger partial charge < -0.3 is 9.84 Å². The third kappa shape index (κ3) is 4.10. The molecule has 0 aromatic heterocycles. The molecule has 0 aliphatic carbocycles. The molecule has 1 aromatic rings. The van der Waals surface area contributed by atoms with Gasteiger partial charge in [-0.25, -0.2) is 0 Å². The Hall–Kier alpha value is -2.11. The van der Waals surface area contributed by atoms with Crippen molar-refractivity contribution in [3.05, 3.63) is 23.8 Å². The summed E-state index contributed by atoms with van der Waals surface area (Å²) in [6.45, 7) is 1.73. The zero-order valence-corrected chi connectivity index (χ0v) is 10.0. The minimum Gasteiger partial charge on any atom is -0.494 e. The van der Waals surface area contributed by atoms with Gasteiger partial charge in [0.15, 0.2) is 0 Å². The van der Waals surface area contributed by atoms with E-state index in [9.17, 15) is 4.79 Å². The summed E-state index contributed by atoms with van der Waals surface area (Å²) in [6.07, 6.45) is 0. The van der Waals surface area contributed by atoms with Crippen molar-refractivity contribution in [2.24, 2.45) is 10.3 Å². The van der Waals surface area contributed by atoms with Crippen molar-refractivity contribution < 1.29 is 14.6 Å². The Labute approximate surface area is 99.5 Å². The van der Waals surface area contributed by atoms with Crippen molar-refractivity contribution in [2.45, 2.75) is 6.92 Å². The predicted octanol–water partition coefficient (Wildman–Crippen LogP) is 2.02. The minimum atomic E-state index is -0.956. The van der Waals surface area contributed by atoms with E-state index in [-0.39, 0.29) is 6.54 Å². The average molecular weight is 237 g/mol. The second-order valence-corrected chi connectivity index (χ2v) is 3.57. The molecule has 0 saturated heterocycles. The summed E-state index contributed by atoms with van der Waals surface area (Å²) in [7, 11) is 3.09. The third-order valence-corrected chi connectivity index (χ3v) is 2.00. The molecule has 0 fully saturated rings. The van der Waals surface area contributed by atoms with E-state index in [0.29, 0.717) is 11.4 Å². The van der Waals surface area contributed by atoms with Crippen LogP contribution in [0.1, 0.15) is 5.56 Å². The van der Waals surface area contributed by atoms with E-state index in [4.69, 9.17) is 9.84 Å². The zero-order chi connectivity index (χ0) is 12.8. The van der Waals surface area contributed by atoms with Crippen LogP contribution in [0.3, 0.4) is 0 Å². The van der Waals surface area contributed by atoms with E-state index in [1.807, 2.05) is 19.1 Å². The summed E-state index contributed by atoms with van der Waals surface area (Å²) < 4.78 is 5.13. The zero-order valence-electron chi connectivity index (χ0n) is 10.0. The smallest absolute Gasteiger partial charge is 0.324 e. The number of aryl methyl sites for hydroxylation is 1. The van der Waals surface area contributed by atoms with Crippen LogP contribution in [0, 0.1) is 6.92 Å². The lowest BCUT2D eigenvalue weighted by Crippen LogP contribution is -2.19. The highest BCUT2D eigenvalue weighted by Crippen LogP contribution is 2.28. The number of hydrogen-bond acceptors (Lipinski definition) is 4. The van der Waals surface area contributed by atoms with Crippen molar-refractivity contribution in [2.75, 3.05) is 20.7 Å². The van der Waals surface area contributed by atoms with Gasteiger partial charge in [-0.05, 0) is 24.6 Å². The molecular formula is C11H15N3O3. The Morgan fingerprint density at radius 2 is 2.24 bits per heavy atom. The van der Waals surface area contributed by atoms with Gasteiger partial charge in [0.2, 0.25) is 0 Å². The number of methoxy groups -OCH3 is 1. The third-order valence-electron chi connectivity index (χ3n) is 2.00. The molecule has 0 atom stereocenters. The number of carboxylic acid groups (broad SMARTS) is 1. The van der Waals surface area contributed by atoms with Crippen LogP contribution in [-0.2, 0) is 4.79 Å². The van der Waals surface area contributed by atoms with Gasteiger partial charge in [-0.1, -0.05) is 11.3 Å². The summed E-state index contributed by atoms with van der Waals surface area (Å²) in [5.41, 5.74) is 1.60. The van der Waals surface area contributed by atoms with Crippen LogP contribution in [0.4, 0.5) is 5.69 Å². The van der Waals surface area contributed by atoms with Crippen molar-refractivity contribution in [3.8, 4) is 5.75 Å². The number of ether oxygens (including phenoxy) is 1. The van der Waals surface area contributed by atoms with E-state index in [0.717, 1.165) is 5.56 Å². The molecule has 0 bridgehead atoms. The van der Waals surface area contributed by atoms with Crippen LogP contribution in [-0.4, -0.2) is 36.8 Å². The maximum absolute atomic E-state index is 10.4. The van der Waals surface area contributed by atoms with Gasteiger partial charge >= 0.3 is 5.97 Å². The van der Waals surface area contributed by atoms with Crippen molar-refractivity contribution in [3.63, 3.8) is 0 Å². The van der Waals surface area contributed by atoms with Gasteiger partial charge in [-0.15, -0.1) is 5.11 Å². The Bertz CT molecular complexity index is 432. The summed E-state index contributed by atoms with van der Waals surface area (Å²) in [4.78, 5) is 10.4. The number of hydrogen-bond donors (Lipinski definition) is 1. The van der Waals surface area contributed by atoms with Gasteiger partial charge in [0.05, 0.1) is 7.11 Å². The maximum atomic E-state index is 10.4. The molecule has 0 aliphatic rings. The van der Waals surface area contributed by atoms with E-state index < -0.39 is 5.97 Å². The van der Waals surface area contributed by atoms with E-state index >= 15 is 0 Å². The van der Waals surface area contributed by atoms with E-state index in [2.05, 4.69) is 10.3 Å². The lowest BCUT2D eigenvalue weighted by molar-refractivity contribution is -0.138. The standard InChI is InChI=1S/C11H15N3O3/c1-8-4-5-10(17-3)9(6-8)12-13-14(2)7-11(15)16/h4-6H,7H2,1-3H3,(H,15,16)/b13-12+. The molecule has 0 radical (unpaired) electrons. The number of carbonyl (C=O) groups is 1. The maximum Gasteiger partial charge on any atom is 0.324 e. The van der Waals surface area contributed by atoms with Crippen LogP contribution in [0.25, 0.3) is 0 Å². The van der Waals surface area contributed by atoms with Gasteiger partial charge in [0.25, 0.3) is 0 Å². The fraction of sp³-hybridized carbons (Fsp3) is 0.364. The van der Waals surface area contributed by atoms with Crippen molar-refractivity contribution in [1.82, 2.24) is 5.01 Å². The van der Waals surface area contributed by atoms with Crippen LogP contribution in [0.2, 0.25) is 0 Å². The molecule has 1 aromatic carbocycles. The van der Waals surface area contributed by atoms with E-state index in [1.165, 1.54) is 5.01 Å². The monoisotopic (exact) mass is 237 g/mol. The highest BCUT2D eigenvalue weighted by Gasteiger charge is 2.04. The number of aliphatic carboxylic acids is 1. The first-order valence-electron chi connectivity index (χ1n) is 5.02. The highest BCUT2D eigenvalue weighted by atomic mass is 16.5. The van der Waals surface area contributed by atoms with Crippen LogP contribution in [0.5, 0.6) is 5.75 Å². The summed E-state index contributed by atoms with van der Waals surface area (Å²) >= 11 is 0. The molecule has 0 unspecified atom stereocenters. The minimum absolute atomic E-state index is 0.197. The molecule has 0 amide bonds. The predicted molar refractivity (Wildman–Crippen MR) is 62.5 cm³/mol. The normalized spacial score (nSPS) is 10.5. The number of likely N-dealkylation sites (N-methyl/N-ethyl adjacent to an activating group) is 1. The number of rotatable bonds is 5. The fourth-order valence-corrected chi connectivity index (χ4v) is 1.23. The molecule has 6 heteroatoms. The first kappa shape index (κ1) is 13.0. The lowest BCUT2D eigenvalue weighted by Gasteiger charge is -2.08. The van der Waals surface area contributed by atoms with Crippen LogP contribution >= 0.6 is 0 Å². The second-order valence-electron chi connectivity index (χ2n) is 3.57. The molecular weight excluding hydrogens is 222 g/mol. The van der Waals surface area contributed by atoms with Gasteiger partial charge in [0, 0.05) is 7.05 Å². The molecule has 0 heterocycles. The van der Waals surface area contributed by atoms with Crippen molar-refractivity contribution in [1.29, 1.82) is 0 Å². The van der Waals surface area contributed by atoms with Crippen LogP contribution in [0.15, 0.2) is 28.5 Å². The second kappa shape index (κ2) is 5.83. The summed E-state index contributed by atoms with van der Waals surface area (Å²) in [5.74, 6) is -0.356. The lowest BCUT2D eigenvalue weighted by atomic mass is 10.2. The molecule has 17 heavy (non-hydrogen) atoms. The molecule has 1 rings (SSSR count). The van der Waals surface area contributed by atoms with Gasteiger partial charge in [-0.3, -0.25) is 9.80 Å². The fourth-order valence-electron chi connectivity index (χ4n) is 1.23. The largest absolute Gasteiger partial charge is 0.494 e. The van der Waals surface area contributed by atoms with Crippen molar-refractivity contribution >= 4 is 11.7 Å².